The molecule has 0 spiro atoms. The van der Waals surface area contributed by atoms with Crippen molar-refractivity contribution in [2.75, 3.05) is 19.0 Å². The zero-order valence-electron chi connectivity index (χ0n) is 14.1. The van der Waals surface area contributed by atoms with Gasteiger partial charge in [0.1, 0.15) is 5.65 Å². The predicted octanol–water partition coefficient (Wildman–Crippen LogP) is 1.71. The van der Waals surface area contributed by atoms with Gasteiger partial charge in [-0.05, 0) is 18.9 Å². The smallest absolute Gasteiger partial charge is 0.332 e. The number of aromatic nitrogens is 3. The van der Waals surface area contributed by atoms with Crippen LogP contribution in [-0.2, 0) is 25.3 Å². The third-order valence-electron chi connectivity index (χ3n) is 3.69. The summed E-state index contributed by atoms with van der Waals surface area (Å²) in [4.78, 5) is 30.0. The molecule has 0 N–H and O–H groups in total. The van der Waals surface area contributed by atoms with E-state index < -0.39 is 0 Å². The van der Waals surface area contributed by atoms with Crippen molar-refractivity contribution in [1.82, 2.24) is 14.1 Å². The summed E-state index contributed by atoms with van der Waals surface area (Å²) >= 11 is 1.60. The molecule has 6 nitrogen and oxygen atoms in total. The monoisotopic (exact) mass is 337 g/mol. The van der Waals surface area contributed by atoms with Crippen LogP contribution in [0.4, 0.5) is 0 Å². The van der Waals surface area contributed by atoms with Crippen molar-refractivity contribution in [2.45, 2.75) is 31.6 Å². The summed E-state index contributed by atoms with van der Waals surface area (Å²) in [5, 5.41) is 0.530. The highest BCUT2D eigenvalue weighted by atomic mass is 32.2. The topological polar surface area (TPSA) is 66.1 Å². The SMILES string of the molecule is CCCc1cnc2c(c1SCCOCC)c(=O)n(C)c(=O)n2C. The van der Waals surface area contributed by atoms with Gasteiger partial charge in [-0.2, -0.15) is 0 Å². The lowest BCUT2D eigenvalue weighted by molar-refractivity contribution is 0.164. The van der Waals surface area contributed by atoms with Gasteiger partial charge in [0.15, 0.2) is 0 Å². The van der Waals surface area contributed by atoms with E-state index >= 15 is 0 Å². The number of thioether (sulfide) groups is 1. The maximum atomic E-state index is 12.6. The molecule has 0 atom stereocenters. The third kappa shape index (κ3) is 3.50. The molecule has 0 unspecified atom stereocenters. The molecule has 0 aliphatic carbocycles. The van der Waals surface area contributed by atoms with Crippen LogP contribution in [0.5, 0.6) is 0 Å². The van der Waals surface area contributed by atoms with E-state index in [0.717, 1.165) is 33.6 Å². The molecule has 0 bridgehead atoms. The lowest BCUT2D eigenvalue weighted by Gasteiger charge is -2.14. The molecular formula is C16H23N3O3S. The molecule has 0 saturated carbocycles. The number of nitrogens with zero attached hydrogens (tertiary/aromatic N) is 3. The Kier molecular flexibility index (Phi) is 6.01. The lowest BCUT2D eigenvalue weighted by Crippen LogP contribution is -2.37. The number of pyridine rings is 1. The zero-order valence-corrected chi connectivity index (χ0v) is 14.9. The summed E-state index contributed by atoms with van der Waals surface area (Å²) < 4.78 is 7.96. The highest BCUT2D eigenvalue weighted by molar-refractivity contribution is 7.99. The average molecular weight is 337 g/mol. The van der Waals surface area contributed by atoms with E-state index in [1.807, 2.05) is 6.92 Å². The molecule has 2 aromatic rings. The second-order valence-electron chi connectivity index (χ2n) is 5.31. The summed E-state index contributed by atoms with van der Waals surface area (Å²) in [7, 11) is 3.15. The van der Waals surface area contributed by atoms with Crippen molar-refractivity contribution in [3.63, 3.8) is 0 Å². The van der Waals surface area contributed by atoms with Gasteiger partial charge >= 0.3 is 5.69 Å². The van der Waals surface area contributed by atoms with Crippen molar-refractivity contribution >= 4 is 22.8 Å². The maximum absolute atomic E-state index is 12.6. The first kappa shape index (κ1) is 17.7. The predicted molar refractivity (Wildman–Crippen MR) is 93.4 cm³/mol. The van der Waals surface area contributed by atoms with Gasteiger partial charge in [-0.1, -0.05) is 13.3 Å². The Bertz CT molecular complexity index is 811. The van der Waals surface area contributed by atoms with Crippen LogP contribution in [0.15, 0.2) is 20.7 Å². The number of rotatable bonds is 7. The number of hydrogen-bond donors (Lipinski definition) is 0. The van der Waals surface area contributed by atoms with Crippen LogP contribution >= 0.6 is 11.8 Å². The molecule has 0 aliphatic heterocycles. The molecule has 0 fully saturated rings. The Morgan fingerprint density at radius 2 is 1.96 bits per heavy atom. The van der Waals surface area contributed by atoms with Gasteiger partial charge in [0.2, 0.25) is 0 Å². The Morgan fingerprint density at radius 1 is 1.22 bits per heavy atom. The van der Waals surface area contributed by atoms with Crippen LogP contribution in [0.1, 0.15) is 25.8 Å². The first-order valence-electron chi connectivity index (χ1n) is 7.81. The minimum Gasteiger partial charge on any atom is -0.381 e. The van der Waals surface area contributed by atoms with E-state index in [9.17, 15) is 9.59 Å². The van der Waals surface area contributed by atoms with Crippen LogP contribution in [0.25, 0.3) is 11.0 Å². The van der Waals surface area contributed by atoms with Crippen molar-refractivity contribution < 1.29 is 4.74 Å². The second kappa shape index (κ2) is 7.79. The molecule has 126 valence electrons. The van der Waals surface area contributed by atoms with Gasteiger partial charge in [-0.25, -0.2) is 9.78 Å². The number of aryl methyl sites for hydroxylation is 2. The Hall–Kier alpha value is -1.60. The van der Waals surface area contributed by atoms with Crippen LogP contribution in [-0.4, -0.2) is 33.1 Å². The maximum Gasteiger partial charge on any atom is 0.332 e. The molecule has 0 amide bonds. The average Bonchev–Trinajstić information content (AvgIpc) is 2.55. The molecule has 0 aromatic carbocycles. The second-order valence-corrected chi connectivity index (χ2v) is 6.42. The molecule has 0 radical (unpaired) electrons. The fourth-order valence-corrected chi connectivity index (χ4v) is 3.57. The van der Waals surface area contributed by atoms with Gasteiger partial charge in [-0.15, -0.1) is 11.8 Å². The Balaban J connectivity index is 2.65. The Labute approximate surface area is 139 Å². The summed E-state index contributed by atoms with van der Waals surface area (Å²) in [6, 6.07) is 0. The van der Waals surface area contributed by atoms with E-state index in [1.54, 1.807) is 25.0 Å². The molecule has 7 heteroatoms. The van der Waals surface area contributed by atoms with E-state index in [0.29, 0.717) is 24.2 Å². The minimum atomic E-state index is -0.358. The molecular weight excluding hydrogens is 314 g/mol. The highest BCUT2D eigenvalue weighted by Gasteiger charge is 2.17. The van der Waals surface area contributed by atoms with Gasteiger partial charge in [0, 0.05) is 37.5 Å². The van der Waals surface area contributed by atoms with E-state index in [2.05, 4.69) is 11.9 Å². The molecule has 0 saturated heterocycles. The van der Waals surface area contributed by atoms with Crippen molar-refractivity contribution in [3.05, 3.63) is 32.6 Å². The van der Waals surface area contributed by atoms with Crippen molar-refractivity contribution in [1.29, 1.82) is 0 Å². The van der Waals surface area contributed by atoms with Gasteiger partial charge in [0.25, 0.3) is 5.56 Å². The first-order chi connectivity index (χ1) is 11.0. The summed E-state index contributed by atoms with van der Waals surface area (Å²) in [5.74, 6) is 0.760. The molecule has 2 heterocycles. The van der Waals surface area contributed by atoms with Gasteiger partial charge in [-0.3, -0.25) is 13.9 Å². The van der Waals surface area contributed by atoms with Gasteiger partial charge in [0.05, 0.1) is 12.0 Å². The van der Waals surface area contributed by atoms with Crippen LogP contribution in [0.3, 0.4) is 0 Å². The van der Waals surface area contributed by atoms with Crippen molar-refractivity contribution in [2.24, 2.45) is 14.1 Å². The standard InChI is InChI=1S/C16H23N3O3S/c1-5-7-11-10-17-14-12(13(11)23-9-8-22-6-2)15(20)19(4)16(21)18(14)3/h10H,5-9H2,1-4H3. The van der Waals surface area contributed by atoms with E-state index in [1.165, 1.54) is 11.6 Å². The Morgan fingerprint density at radius 3 is 2.61 bits per heavy atom. The summed E-state index contributed by atoms with van der Waals surface area (Å²) in [5.41, 5.74) is 0.852. The fraction of sp³-hybridized carbons (Fsp3) is 0.562. The number of ether oxygens (including phenoxy) is 1. The molecule has 2 rings (SSSR count). The minimum absolute atomic E-state index is 0.285. The normalized spacial score (nSPS) is 11.3. The molecule has 23 heavy (non-hydrogen) atoms. The lowest BCUT2D eigenvalue weighted by atomic mass is 10.1. The van der Waals surface area contributed by atoms with Gasteiger partial charge < -0.3 is 4.74 Å². The quantitative estimate of drug-likeness (QED) is 0.568. The van der Waals surface area contributed by atoms with E-state index in [4.69, 9.17) is 4.74 Å². The summed E-state index contributed by atoms with van der Waals surface area (Å²) in [6.07, 6.45) is 3.61. The van der Waals surface area contributed by atoms with Crippen LogP contribution in [0.2, 0.25) is 0 Å². The zero-order chi connectivity index (χ0) is 17.0. The molecule has 2 aromatic heterocycles. The van der Waals surface area contributed by atoms with E-state index in [-0.39, 0.29) is 11.2 Å². The van der Waals surface area contributed by atoms with Crippen molar-refractivity contribution in [3.8, 4) is 0 Å². The molecule has 0 aliphatic rings. The first-order valence-corrected chi connectivity index (χ1v) is 8.79. The number of fused-ring (bicyclic) bond motifs is 1. The van der Waals surface area contributed by atoms with Crippen LogP contribution < -0.4 is 11.2 Å². The van der Waals surface area contributed by atoms with Crippen LogP contribution in [0, 0.1) is 0 Å². The number of hydrogen-bond acceptors (Lipinski definition) is 5. The highest BCUT2D eigenvalue weighted by Crippen LogP contribution is 2.28. The largest absolute Gasteiger partial charge is 0.381 e. The fourth-order valence-electron chi connectivity index (χ4n) is 2.50. The third-order valence-corrected chi connectivity index (χ3v) is 4.82. The summed E-state index contributed by atoms with van der Waals surface area (Å²) in [6.45, 7) is 5.36.